The summed E-state index contributed by atoms with van der Waals surface area (Å²) in [7, 11) is 4.82. The van der Waals surface area contributed by atoms with Crippen LogP contribution in [0, 0.1) is 0 Å². The average Bonchev–Trinajstić information content (AvgIpc) is 2.52. The number of benzene rings is 1. The second-order valence-electron chi connectivity index (χ2n) is 5.04. The van der Waals surface area contributed by atoms with Crippen LogP contribution in [0.15, 0.2) is 24.3 Å². The number of hydrogen-bond acceptors (Lipinski definition) is 5. The minimum Gasteiger partial charge on any atom is -0.463 e. The zero-order chi connectivity index (χ0) is 17.2. The first-order valence-electron chi connectivity index (χ1n) is 7.20. The van der Waals surface area contributed by atoms with E-state index >= 15 is 0 Å². The van der Waals surface area contributed by atoms with Crippen LogP contribution in [0.4, 0.5) is 5.69 Å². The lowest BCUT2D eigenvalue weighted by Gasteiger charge is -2.11. The van der Waals surface area contributed by atoms with Gasteiger partial charge in [0.25, 0.3) is 5.91 Å². The van der Waals surface area contributed by atoms with E-state index in [-0.39, 0.29) is 31.3 Å². The molecule has 1 aromatic rings. The highest BCUT2D eigenvalue weighted by Crippen LogP contribution is 2.12. The Morgan fingerprint density at radius 2 is 1.87 bits per heavy atom. The minimum atomic E-state index is -0.450. The molecule has 0 heterocycles. The Bertz CT molecular complexity index is 557. The van der Waals surface area contributed by atoms with Crippen LogP contribution in [0.1, 0.15) is 23.2 Å². The van der Waals surface area contributed by atoms with E-state index in [1.165, 1.54) is 12.0 Å². The number of esters is 1. The number of methoxy groups -OCH3 is 1. The van der Waals surface area contributed by atoms with Crippen molar-refractivity contribution >= 4 is 23.5 Å². The fraction of sp³-hybridized carbons (Fsp3) is 0.438. The molecule has 126 valence electrons. The van der Waals surface area contributed by atoms with Crippen molar-refractivity contribution in [3.05, 3.63) is 29.8 Å². The van der Waals surface area contributed by atoms with Crippen molar-refractivity contribution in [1.82, 2.24) is 4.90 Å². The fourth-order valence-corrected chi connectivity index (χ4v) is 1.74. The molecule has 0 unspecified atom stereocenters. The summed E-state index contributed by atoms with van der Waals surface area (Å²) >= 11 is 0. The van der Waals surface area contributed by atoms with Crippen molar-refractivity contribution in [3.63, 3.8) is 0 Å². The summed E-state index contributed by atoms with van der Waals surface area (Å²) in [5.74, 6) is -0.917. The van der Waals surface area contributed by atoms with Crippen molar-refractivity contribution in [3.8, 4) is 0 Å². The number of carbonyl (C=O) groups excluding carboxylic acids is 3. The van der Waals surface area contributed by atoms with Gasteiger partial charge >= 0.3 is 5.97 Å². The van der Waals surface area contributed by atoms with Gasteiger partial charge < -0.3 is 19.7 Å². The Kier molecular flexibility index (Phi) is 7.76. The Hall–Kier alpha value is -2.41. The number of amides is 2. The lowest BCUT2D eigenvalue weighted by atomic mass is 10.1. The van der Waals surface area contributed by atoms with E-state index in [2.05, 4.69) is 5.32 Å². The third kappa shape index (κ3) is 6.92. The highest BCUT2D eigenvalue weighted by atomic mass is 16.6. The molecule has 1 N–H and O–H groups in total. The lowest BCUT2D eigenvalue weighted by Crippen LogP contribution is -2.22. The topological polar surface area (TPSA) is 84.9 Å². The van der Waals surface area contributed by atoms with E-state index < -0.39 is 5.97 Å². The molecule has 0 aromatic heterocycles. The van der Waals surface area contributed by atoms with Crippen molar-refractivity contribution in [2.45, 2.75) is 12.8 Å². The first-order chi connectivity index (χ1) is 10.9. The van der Waals surface area contributed by atoms with Gasteiger partial charge in [-0.3, -0.25) is 14.4 Å². The molecule has 0 fully saturated rings. The molecule has 0 radical (unpaired) electrons. The summed E-state index contributed by atoms with van der Waals surface area (Å²) in [4.78, 5) is 36.5. The third-order valence-corrected chi connectivity index (χ3v) is 2.91. The fourth-order valence-electron chi connectivity index (χ4n) is 1.74. The average molecular weight is 322 g/mol. The van der Waals surface area contributed by atoms with Gasteiger partial charge in [0.2, 0.25) is 5.91 Å². The standard InChI is InChI=1S/C16H22N2O5/c1-18(2)16(21)12-5-4-6-13(11-12)17-14(19)7-8-15(20)23-10-9-22-3/h4-6,11H,7-10H2,1-3H3,(H,17,19). The largest absolute Gasteiger partial charge is 0.463 e. The van der Waals surface area contributed by atoms with Crippen molar-refractivity contribution in [2.75, 3.05) is 39.7 Å². The van der Waals surface area contributed by atoms with E-state index in [9.17, 15) is 14.4 Å². The van der Waals surface area contributed by atoms with Gasteiger partial charge in [0.05, 0.1) is 13.0 Å². The van der Waals surface area contributed by atoms with E-state index in [4.69, 9.17) is 9.47 Å². The summed E-state index contributed by atoms with van der Waals surface area (Å²) < 4.78 is 9.62. The van der Waals surface area contributed by atoms with Crippen LogP contribution in [-0.2, 0) is 19.1 Å². The highest BCUT2D eigenvalue weighted by Gasteiger charge is 2.11. The summed E-state index contributed by atoms with van der Waals surface area (Å²) in [5, 5.41) is 2.66. The minimum absolute atomic E-state index is 0.00807. The maximum absolute atomic E-state index is 11.9. The first kappa shape index (κ1) is 18.6. The molecule has 0 aliphatic heterocycles. The van der Waals surface area contributed by atoms with Crippen molar-refractivity contribution < 1.29 is 23.9 Å². The molecule has 23 heavy (non-hydrogen) atoms. The van der Waals surface area contributed by atoms with Gasteiger partial charge in [-0.05, 0) is 18.2 Å². The highest BCUT2D eigenvalue weighted by molar-refractivity contribution is 5.97. The summed E-state index contributed by atoms with van der Waals surface area (Å²) in [6.07, 6.45) is 0.00351. The van der Waals surface area contributed by atoms with Crippen molar-refractivity contribution in [1.29, 1.82) is 0 Å². The van der Waals surface area contributed by atoms with Gasteiger partial charge in [-0.1, -0.05) is 6.07 Å². The van der Waals surface area contributed by atoms with Gasteiger partial charge in [-0.2, -0.15) is 0 Å². The number of carbonyl (C=O) groups is 3. The molecular formula is C16H22N2O5. The van der Waals surface area contributed by atoms with Crippen LogP contribution in [0.25, 0.3) is 0 Å². The Morgan fingerprint density at radius 1 is 1.13 bits per heavy atom. The zero-order valence-corrected chi connectivity index (χ0v) is 13.6. The Morgan fingerprint density at radius 3 is 2.52 bits per heavy atom. The molecule has 7 heteroatoms. The smallest absolute Gasteiger partial charge is 0.306 e. The summed E-state index contributed by atoms with van der Waals surface area (Å²) in [5.41, 5.74) is 0.988. The maximum atomic E-state index is 11.9. The number of nitrogens with one attached hydrogen (secondary N) is 1. The molecular weight excluding hydrogens is 300 g/mol. The van der Waals surface area contributed by atoms with Gasteiger partial charge in [-0.15, -0.1) is 0 Å². The number of anilines is 1. The predicted octanol–water partition coefficient (Wildman–Crippen LogP) is 1.30. The van der Waals surface area contributed by atoms with Crippen LogP contribution >= 0.6 is 0 Å². The van der Waals surface area contributed by atoms with Crippen LogP contribution in [0.3, 0.4) is 0 Å². The molecule has 0 bridgehead atoms. The molecule has 7 nitrogen and oxygen atoms in total. The molecule has 0 saturated heterocycles. The van der Waals surface area contributed by atoms with Crippen LogP contribution in [0.2, 0.25) is 0 Å². The van der Waals surface area contributed by atoms with Gasteiger partial charge in [0.1, 0.15) is 6.61 Å². The second kappa shape index (κ2) is 9.58. The third-order valence-electron chi connectivity index (χ3n) is 2.91. The van der Waals surface area contributed by atoms with Crippen molar-refractivity contribution in [2.24, 2.45) is 0 Å². The SMILES string of the molecule is COCCOC(=O)CCC(=O)Nc1cccc(C(=O)N(C)C)c1. The zero-order valence-electron chi connectivity index (χ0n) is 13.6. The monoisotopic (exact) mass is 322 g/mol. The predicted molar refractivity (Wildman–Crippen MR) is 85.2 cm³/mol. The summed E-state index contributed by atoms with van der Waals surface area (Å²) in [6.45, 7) is 0.496. The lowest BCUT2D eigenvalue weighted by molar-refractivity contribution is -0.145. The van der Waals surface area contributed by atoms with Crippen LogP contribution in [-0.4, -0.2) is 57.1 Å². The first-order valence-corrected chi connectivity index (χ1v) is 7.20. The number of hydrogen-bond donors (Lipinski definition) is 1. The molecule has 0 spiro atoms. The van der Waals surface area contributed by atoms with E-state index in [0.717, 1.165) is 0 Å². The number of ether oxygens (including phenoxy) is 2. The van der Waals surface area contributed by atoms with Gasteiger partial charge in [-0.25, -0.2) is 0 Å². The molecule has 1 aromatic carbocycles. The quantitative estimate of drug-likeness (QED) is 0.576. The summed E-state index contributed by atoms with van der Waals surface area (Å²) in [6, 6.07) is 6.63. The normalized spacial score (nSPS) is 10.0. The maximum Gasteiger partial charge on any atom is 0.306 e. The molecule has 1 rings (SSSR count). The van der Waals surface area contributed by atoms with Crippen LogP contribution < -0.4 is 5.32 Å². The van der Waals surface area contributed by atoms with E-state index in [0.29, 0.717) is 17.9 Å². The number of rotatable bonds is 8. The molecule has 0 atom stereocenters. The molecule has 2 amide bonds. The Labute approximate surface area is 135 Å². The van der Waals surface area contributed by atoms with Gasteiger partial charge in [0, 0.05) is 38.9 Å². The van der Waals surface area contributed by atoms with Gasteiger partial charge in [0.15, 0.2) is 0 Å². The van der Waals surface area contributed by atoms with E-state index in [1.807, 2.05) is 0 Å². The second-order valence-corrected chi connectivity index (χ2v) is 5.04. The van der Waals surface area contributed by atoms with Crippen LogP contribution in [0.5, 0.6) is 0 Å². The molecule has 0 saturated carbocycles. The number of nitrogens with zero attached hydrogens (tertiary/aromatic N) is 1. The molecule has 0 aliphatic rings. The van der Waals surface area contributed by atoms with E-state index in [1.54, 1.807) is 38.4 Å². The Balaban J connectivity index is 2.47. The molecule has 0 aliphatic carbocycles.